The molecular formula is C21H19N5O3. The molecule has 3 N–H and O–H groups in total. The van der Waals surface area contributed by atoms with Crippen molar-refractivity contribution in [1.82, 2.24) is 9.97 Å². The van der Waals surface area contributed by atoms with Gasteiger partial charge in [-0.15, -0.1) is 0 Å². The minimum absolute atomic E-state index is 0.0295. The second-order valence-corrected chi connectivity index (χ2v) is 6.86. The largest absolute Gasteiger partial charge is 0.481 e. The van der Waals surface area contributed by atoms with Gasteiger partial charge in [0.1, 0.15) is 12.2 Å². The highest BCUT2D eigenvalue weighted by atomic mass is 16.5. The maximum absolute atomic E-state index is 12.1. The van der Waals surface area contributed by atoms with Gasteiger partial charge in [-0.3, -0.25) is 9.59 Å². The molecule has 1 aliphatic carbocycles. The summed E-state index contributed by atoms with van der Waals surface area (Å²) in [6.45, 7) is 0. The average Bonchev–Trinajstić information content (AvgIpc) is 3.47. The lowest BCUT2D eigenvalue weighted by atomic mass is 10.0. The molecule has 8 heteroatoms. The Kier molecular flexibility index (Phi) is 4.87. The van der Waals surface area contributed by atoms with Crippen molar-refractivity contribution in [2.75, 3.05) is 17.7 Å². The maximum atomic E-state index is 12.1. The SMILES string of the molecule is COc1cc(-c2c[nH]c3c(NC(=O)CC#N)cccc23)cc(NC(=O)C2CC2)n1. The highest BCUT2D eigenvalue weighted by Crippen LogP contribution is 2.35. The third-order valence-corrected chi connectivity index (χ3v) is 4.75. The predicted molar refractivity (Wildman–Crippen MR) is 108 cm³/mol. The molecular weight excluding hydrogens is 370 g/mol. The number of hydrogen-bond acceptors (Lipinski definition) is 5. The highest BCUT2D eigenvalue weighted by Gasteiger charge is 2.30. The number of para-hydroxylation sites is 1. The van der Waals surface area contributed by atoms with Gasteiger partial charge in [0.15, 0.2) is 0 Å². The van der Waals surface area contributed by atoms with E-state index in [0.717, 1.165) is 34.9 Å². The van der Waals surface area contributed by atoms with Crippen molar-refractivity contribution in [2.45, 2.75) is 19.3 Å². The number of rotatable bonds is 6. The number of methoxy groups -OCH3 is 1. The number of benzene rings is 1. The molecule has 146 valence electrons. The molecule has 29 heavy (non-hydrogen) atoms. The van der Waals surface area contributed by atoms with Gasteiger partial charge < -0.3 is 20.4 Å². The summed E-state index contributed by atoms with van der Waals surface area (Å²) in [6.07, 6.45) is 3.43. The standard InChI is InChI=1S/C21H19N5O3/c1-29-19-10-13(9-17(25-19)26-21(28)12-5-6-12)15-11-23-20-14(15)3-2-4-16(20)24-18(27)7-8-22/h2-4,9-12,23H,5-7H2,1H3,(H,24,27)(H,25,26,28). The zero-order valence-electron chi connectivity index (χ0n) is 15.8. The quantitative estimate of drug-likeness (QED) is 0.596. The van der Waals surface area contributed by atoms with E-state index in [9.17, 15) is 9.59 Å². The van der Waals surface area contributed by atoms with Gasteiger partial charge in [-0.1, -0.05) is 12.1 Å². The Hall–Kier alpha value is -3.86. The Labute approximate surface area is 166 Å². The van der Waals surface area contributed by atoms with Gasteiger partial charge in [0.05, 0.1) is 24.4 Å². The molecule has 1 saturated carbocycles. The molecule has 0 bridgehead atoms. The first kappa shape index (κ1) is 18.5. The lowest BCUT2D eigenvalue weighted by molar-refractivity contribution is -0.117. The molecule has 0 atom stereocenters. The highest BCUT2D eigenvalue weighted by molar-refractivity contribution is 6.06. The number of H-pyrrole nitrogens is 1. The van der Waals surface area contributed by atoms with Crippen LogP contribution in [0.1, 0.15) is 19.3 Å². The number of ether oxygens (including phenoxy) is 1. The van der Waals surface area contributed by atoms with Crippen LogP contribution in [0.4, 0.5) is 11.5 Å². The van der Waals surface area contributed by atoms with Crippen LogP contribution in [-0.4, -0.2) is 28.9 Å². The van der Waals surface area contributed by atoms with Crippen molar-refractivity contribution >= 4 is 34.2 Å². The molecule has 0 saturated heterocycles. The van der Waals surface area contributed by atoms with Gasteiger partial charge in [-0.2, -0.15) is 10.2 Å². The molecule has 0 unspecified atom stereocenters. The number of carbonyl (C=O) groups excluding carboxylic acids is 2. The first-order valence-electron chi connectivity index (χ1n) is 9.23. The van der Waals surface area contributed by atoms with Crippen LogP contribution in [0, 0.1) is 17.2 Å². The third kappa shape index (κ3) is 3.89. The van der Waals surface area contributed by atoms with Gasteiger partial charge in [0, 0.05) is 29.1 Å². The minimum Gasteiger partial charge on any atom is -0.481 e. The number of aromatic nitrogens is 2. The fourth-order valence-corrected chi connectivity index (χ4v) is 3.17. The number of aromatic amines is 1. The predicted octanol–water partition coefficient (Wildman–Crippen LogP) is 3.44. The summed E-state index contributed by atoms with van der Waals surface area (Å²) < 4.78 is 5.31. The van der Waals surface area contributed by atoms with Crippen LogP contribution in [0.2, 0.25) is 0 Å². The van der Waals surface area contributed by atoms with Crippen LogP contribution in [-0.2, 0) is 9.59 Å². The summed E-state index contributed by atoms with van der Waals surface area (Å²) in [5.41, 5.74) is 3.03. The number of nitrogens with zero attached hydrogens (tertiary/aromatic N) is 2. The van der Waals surface area contributed by atoms with Gasteiger partial charge in [0.2, 0.25) is 17.7 Å². The second-order valence-electron chi connectivity index (χ2n) is 6.86. The van der Waals surface area contributed by atoms with Crippen LogP contribution < -0.4 is 15.4 Å². The van der Waals surface area contributed by atoms with E-state index < -0.39 is 0 Å². The van der Waals surface area contributed by atoms with Crippen molar-refractivity contribution in [2.24, 2.45) is 5.92 Å². The number of carbonyl (C=O) groups is 2. The molecule has 4 rings (SSSR count). The molecule has 2 amide bonds. The smallest absolute Gasteiger partial charge is 0.238 e. The Morgan fingerprint density at radius 2 is 2.14 bits per heavy atom. The van der Waals surface area contributed by atoms with Crippen LogP contribution in [0.3, 0.4) is 0 Å². The Bertz CT molecular complexity index is 1140. The number of pyridine rings is 1. The minimum atomic E-state index is -0.369. The van der Waals surface area contributed by atoms with Gasteiger partial charge in [-0.25, -0.2) is 0 Å². The van der Waals surface area contributed by atoms with E-state index >= 15 is 0 Å². The Morgan fingerprint density at radius 3 is 2.86 bits per heavy atom. The van der Waals surface area contributed by atoms with Gasteiger partial charge in [0.25, 0.3) is 0 Å². The number of amides is 2. The molecule has 1 aromatic carbocycles. The molecule has 0 radical (unpaired) electrons. The summed E-state index contributed by atoms with van der Waals surface area (Å²) in [7, 11) is 1.52. The zero-order valence-corrected chi connectivity index (χ0v) is 15.8. The average molecular weight is 389 g/mol. The molecule has 2 aromatic heterocycles. The van der Waals surface area contributed by atoms with Gasteiger partial charge >= 0.3 is 0 Å². The fourth-order valence-electron chi connectivity index (χ4n) is 3.17. The van der Waals surface area contributed by atoms with Crippen molar-refractivity contribution in [3.05, 3.63) is 36.5 Å². The number of fused-ring (bicyclic) bond motifs is 1. The monoisotopic (exact) mass is 389 g/mol. The normalized spacial score (nSPS) is 13.0. The molecule has 0 spiro atoms. The summed E-state index contributed by atoms with van der Waals surface area (Å²) in [5, 5.41) is 15.2. The summed E-state index contributed by atoms with van der Waals surface area (Å²) in [5.74, 6) is 0.495. The summed E-state index contributed by atoms with van der Waals surface area (Å²) >= 11 is 0. The summed E-state index contributed by atoms with van der Waals surface area (Å²) in [6, 6.07) is 10.9. The van der Waals surface area contributed by atoms with E-state index in [1.54, 1.807) is 18.2 Å². The first-order chi connectivity index (χ1) is 14.1. The molecule has 3 aromatic rings. The second kappa shape index (κ2) is 7.64. The molecule has 2 heterocycles. The van der Waals surface area contributed by atoms with Crippen LogP contribution in [0.5, 0.6) is 5.88 Å². The van der Waals surface area contributed by atoms with E-state index in [1.807, 2.05) is 24.4 Å². The number of anilines is 2. The maximum Gasteiger partial charge on any atom is 0.238 e. The van der Waals surface area contributed by atoms with Crippen molar-refractivity contribution in [3.63, 3.8) is 0 Å². The van der Waals surface area contributed by atoms with Crippen molar-refractivity contribution < 1.29 is 14.3 Å². The number of hydrogen-bond donors (Lipinski definition) is 3. The van der Waals surface area contributed by atoms with E-state index in [0.29, 0.717) is 17.4 Å². The van der Waals surface area contributed by atoms with Crippen LogP contribution in [0.25, 0.3) is 22.0 Å². The molecule has 1 aliphatic rings. The Morgan fingerprint density at radius 1 is 1.31 bits per heavy atom. The van der Waals surface area contributed by atoms with Gasteiger partial charge in [-0.05, 0) is 30.5 Å². The van der Waals surface area contributed by atoms with E-state index in [4.69, 9.17) is 10.00 Å². The first-order valence-corrected chi connectivity index (χ1v) is 9.23. The van der Waals surface area contributed by atoms with Crippen LogP contribution >= 0.6 is 0 Å². The number of nitriles is 1. The third-order valence-electron chi connectivity index (χ3n) is 4.75. The van der Waals surface area contributed by atoms with E-state index in [2.05, 4.69) is 20.6 Å². The Balaban J connectivity index is 1.71. The lowest BCUT2D eigenvalue weighted by Gasteiger charge is -2.09. The number of nitrogens with one attached hydrogen (secondary N) is 3. The zero-order chi connectivity index (χ0) is 20.4. The fraction of sp³-hybridized carbons (Fsp3) is 0.238. The van der Waals surface area contributed by atoms with E-state index in [1.165, 1.54) is 7.11 Å². The van der Waals surface area contributed by atoms with Crippen molar-refractivity contribution in [3.8, 4) is 23.1 Å². The van der Waals surface area contributed by atoms with Crippen molar-refractivity contribution in [1.29, 1.82) is 5.26 Å². The van der Waals surface area contributed by atoms with Crippen LogP contribution in [0.15, 0.2) is 36.5 Å². The van der Waals surface area contributed by atoms with E-state index in [-0.39, 0.29) is 24.2 Å². The summed E-state index contributed by atoms with van der Waals surface area (Å²) in [4.78, 5) is 31.4. The lowest BCUT2D eigenvalue weighted by Crippen LogP contribution is -2.14. The molecule has 1 fully saturated rings. The topological polar surface area (TPSA) is 120 Å². The molecule has 8 nitrogen and oxygen atoms in total. The molecule has 0 aliphatic heterocycles.